The average molecular weight is 277 g/mol. The van der Waals surface area contributed by atoms with Gasteiger partial charge in [-0.15, -0.1) is 0 Å². The second-order valence-electron chi connectivity index (χ2n) is 4.98. The molecule has 0 unspecified atom stereocenters. The molecule has 0 saturated heterocycles. The fourth-order valence-corrected chi connectivity index (χ4v) is 2.28. The van der Waals surface area contributed by atoms with Crippen molar-refractivity contribution in [2.24, 2.45) is 7.05 Å². The Kier molecular flexibility index (Phi) is 4.18. The minimum absolute atomic E-state index is 0.335. The molecule has 5 heteroatoms. The second-order valence-corrected chi connectivity index (χ2v) is 4.98. The third-order valence-corrected chi connectivity index (χ3v) is 3.53. The molecule has 0 spiro atoms. The summed E-state index contributed by atoms with van der Waals surface area (Å²) in [6.07, 6.45) is 0. The van der Waals surface area contributed by atoms with E-state index < -0.39 is 0 Å². The Balaban J connectivity index is 2.70. The van der Waals surface area contributed by atoms with Gasteiger partial charge in [-0.3, -0.25) is 4.68 Å². The van der Waals surface area contributed by atoms with Crippen LogP contribution in [0.1, 0.15) is 28.1 Å². The number of benzene rings is 1. The van der Waals surface area contributed by atoms with E-state index in [1.54, 1.807) is 11.7 Å². The highest BCUT2D eigenvalue weighted by Gasteiger charge is 2.19. The van der Waals surface area contributed by atoms with Crippen LogP contribution >= 0.6 is 0 Å². The molecule has 0 N–H and O–H groups in total. The first-order chi connectivity index (χ1) is 9.99. The van der Waals surface area contributed by atoms with Crippen molar-refractivity contribution in [2.75, 3.05) is 0 Å². The molecule has 0 atom stereocenters. The van der Waals surface area contributed by atoms with Gasteiger partial charge in [0.15, 0.2) is 0 Å². The van der Waals surface area contributed by atoms with Gasteiger partial charge < -0.3 is 4.65 Å². The Labute approximate surface area is 126 Å². The van der Waals surface area contributed by atoms with Crippen LogP contribution in [0.3, 0.4) is 0 Å². The van der Waals surface area contributed by atoms with Gasteiger partial charge >= 0.3 is 8.05 Å². The van der Waals surface area contributed by atoms with Crippen LogP contribution in [0, 0.1) is 32.1 Å². The van der Waals surface area contributed by atoms with E-state index in [0.29, 0.717) is 17.0 Å². The predicted molar refractivity (Wildman–Crippen MR) is 83.1 cm³/mol. The average Bonchev–Trinajstić information content (AvgIpc) is 2.71. The van der Waals surface area contributed by atoms with Gasteiger partial charge in [0.1, 0.15) is 23.1 Å². The zero-order chi connectivity index (χ0) is 15.6. The lowest BCUT2D eigenvalue weighted by Crippen LogP contribution is -2.03. The molecule has 0 amide bonds. The van der Waals surface area contributed by atoms with Gasteiger partial charge in [-0.1, -0.05) is 29.8 Å². The Hall–Kier alpha value is -2.48. The summed E-state index contributed by atoms with van der Waals surface area (Å²) in [7, 11) is 7.25. The molecular weight excluding hydrogens is 261 g/mol. The Morgan fingerprint density at radius 2 is 1.86 bits per heavy atom. The Morgan fingerprint density at radius 3 is 2.29 bits per heavy atom. The van der Waals surface area contributed by atoms with E-state index in [9.17, 15) is 5.26 Å². The first-order valence-corrected chi connectivity index (χ1v) is 6.58. The van der Waals surface area contributed by atoms with Gasteiger partial charge in [0.25, 0.3) is 0 Å². The van der Waals surface area contributed by atoms with Crippen LogP contribution in [0.5, 0.6) is 0 Å². The zero-order valence-corrected chi connectivity index (χ0v) is 12.6. The molecular formula is C16H16BN3O. The summed E-state index contributed by atoms with van der Waals surface area (Å²) in [5.41, 5.74) is 4.82. The number of hydrogen-bond donors (Lipinski definition) is 0. The summed E-state index contributed by atoms with van der Waals surface area (Å²) in [5, 5.41) is 13.9. The number of allylic oxidation sites excluding steroid dienone is 1. The highest BCUT2D eigenvalue weighted by Crippen LogP contribution is 2.29. The molecule has 4 nitrogen and oxygen atoms in total. The number of hydrogen-bond acceptors (Lipinski definition) is 3. The van der Waals surface area contributed by atoms with Gasteiger partial charge in [0, 0.05) is 12.6 Å². The molecule has 0 aliphatic heterocycles. The van der Waals surface area contributed by atoms with E-state index in [0.717, 1.165) is 22.4 Å². The molecule has 2 aromatic rings. The third kappa shape index (κ3) is 2.70. The lowest BCUT2D eigenvalue weighted by atomic mass is 10.0. The molecule has 1 aromatic carbocycles. The van der Waals surface area contributed by atoms with Crippen molar-refractivity contribution in [3.63, 3.8) is 0 Å². The topological polar surface area (TPSA) is 50.8 Å². The smallest absolute Gasteiger partial charge is 0.374 e. The van der Waals surface area contributed by atoms with E-state index in [1.165, 1.54) is 0 Å². The van der Waals surface area contributed by atoms with Crippen molar-refractivity contribution in [3.05, 3.63) is 52.3 Å². The summed E-state index contributed by atoms with van der Waals surface area (Å²) in [5.74, 6) is 0.335. The van der Waals surface area contributed by atoms with E-state index in [1.807, 2.05) is 45.0 Å². The number of nitriles is 1. The summed E-state index contributed by atoms with van der Waals surface area (Å²) in [4.78, 5) is 0. The highest BCUT2D eigenvalue weighted by molar-refractivity contribution is 6.06. The van der Waals surface area contributed by atoms with E-state index in [2.05, 4.69) is 11.2 Å². The molecule has 0 saturated carbocycles. The third-order valence-electron chi connectivity index (χ3n) is 3.53. The van der Waals surface area contributed by atoms with Crippen LogP contribution in [0.15, 0.2) is 24.3 Å². The zero-order valence-electron chi connectivity index (χ0n) is 12.6. The molecule has 2 radical (unpaired) electrons. The van der Waals surface area contributed by atoms with Crippen molar-refractivity contribution in [3.8, 4) is 6.07 Å². The van der Waals surface area contributed by atoms with Crippen molar-refractivity contribution >= 4 is 19.4 Å². The molecule has 2 rings (SSSR count). The molecule has 0 aliphatic rings. The molecule has 0 aliphatic carbocycles. The fraction of sp³-hybridized carbons (Fsp3) is 0.250. The predicted octanol–water partition coefficient (Wildman–Crippen LogP) is 2.84. The second kappa shape index (κ2) is 5.88. The van der Waals surface area contributed by atoms with Crippen molar-refractivity contribution in [1.82, 2.24) is 9.78 Å². The molecule has 0 fully saturated rings. The molecule has 104 valence electrons. The Morgan fingerprint density at radius 1 is 1.24 bits per heavy atom. The monoisotopic (exact) mass is 277 g/mol. The Bertz CT molecular complexity index is 736. The van der Waals surface area contributed by atoms with E-state index >= 15 is 0 Å². The quantitative estimate of drug-likeness (QED) is 0.492. The maximum Gasteiger partial charge on any atom is 0.374 e. The normalized spacial score (nSPS) is 11.8. The fourth-order valence-electron chi connectivity index (χ4n) is 2.28. The maximum atomic E-state index is 9.53. The summed E-state index contributed by atoms with van der Waals surface area (Å²) in [6.45, 7) is 5.83. The van der Waals surface area contributed by atoms with Crippen molar-refractivity contribution in [2.45, 2.75) is 20.8 Å². The largest absolute Gasteiger partial charge is 0.565 e. The van der Waals surface area contributed by atoms with Crippen LogP contribution in [0.2, 0.25) is 0 Å². The standard InChI is InChI=1S/C16H16BN3O/c1-10-5-7-13(8-6-10)14(9-18)16(21-17)15-11(2)12(3)19-20(15)4/h5-8H,1-4H3. The summed E-state index contributed by atoms with van der Waals surface area (Å²) in [6, 6.07) is 9.84. The van der Waals surface area contributed by atoms with E-state index in [-0.39, 0.29) is 0 Å². The van der Waals surface area contributed by atoms with Gasteiger partial charge in [-0.05, 0) is 26.3 Å². The SMILES string of the molecule is [B]OC(=C(C#N)c1ccc(C)cc1)c1c(C)c(C)nn1C. The number of aromatic nitrogens is 2. The molecule has 0 bridgehead atoms. The minimum Gasteiger partial charge on any atom is -0.565 e. The van der Waals surface area contributed by atoms with E-state index in [4.69, 9.17) is 12.7 Å². The first-order valence-electron chi connectivity index (χ1n) is 6.58. The van der Waals surface area contributed by atoms with Gasteiger partial charge in [0.05, 0.1) is 5.69 Å². The van der Waals surface area contributed by atoms with Crippen molar-refractivity contribution in [1.29, 1.82) is 5.26 Å². The number of rotatable bonds is 3. The van der Waals surface area contributed by atoms with Crippen LogP contribution in [0.4, 0.5) is 0 Å². The molecule has 21 heavy (non-hydrogen) atoms. The van der Waals surface area contributed by atoms with Gasteiger partial charge in [-0.25, -0.2) is 0 Å². The van der Waals surface area contributed by atoms with Crippen LogP contribution in [-0.4, -0.2) is 17.8 Å². The maximum absolute atomic E-state index is 9.53. The van der Waals surface area contributed by atoms with Crippen molar-refractivity contribution < 1.29 is 4.65 Å². The highest BCUT2D eigenvalue weighted by atomic mass is 16.4. The minimum atomic E-state index is 0.335. The van der Waals surface area contributed by atoms with Crippen LogP contribution < -0.4 is 0 Å². The lowest BCUT2D eigenvalue weighted by Gasteiger charge is -2.12. The van der Waals surface area contributed by atoms with Gasteiger partial charge in [0.2, 0.25) is 0 Å². The summed E-state index contributed by atoms with van der Waals surface area (Å²) < 4.78 is 6.72. The van der Waals surface area contributed by atoms with Gasteiger partial charge in [-0.2, -0.15) is 10.4 Å². The molecule has 1 aromatic heterocycles. The summed E-state index contributed by atoms with van der Waals surface area (Å²) >= 11 is 0. The number of aryl methyl sites for hydroxylation is 3. The molecule has 1 heterocycles. The lowest BCUT2D eigenvalue weighted by molar-refractivity contribution is 0.559. The first kappa shape index (κ1) is 14.9. The van der Waals surface area contributed by atoms with Crippen LogP contribution in [0.25, 0.3) is 11.3 Å². The number of nitrogens with zero attached hydrogens (tertiary/aromatic N) is 3. The van der Waals surface area contributed by atoms with Crippen LogP contribution in [-0.2, 0) is 11.7 Å².